The summed E-state index contributed by atoms with van der Waals surface area (Å²) in [5.41, 5.74) is 0. The second-order valence-electron chi connectivity index (χ2n) is 4.92. The second-order valence-corrected chi connectivity index (χ2v) is 4.92. The molecular formula is C15H18FNO5. The van der Waals surface area contributed by atoms with Gasteiger partial charge in [0.1, 0.15) is 17.6 Å². The van der Waals surface area contributed by atoms with Crippen molar-refractivity contribution in [3.63, 3.8) is 0 Å². The lowest BCUT2D eigenvalue weighted by Gasteiger charge is -2.22. The number of amides is 1. The highest BCUT2D eigenvalue weighted by atomic mass is 19.1. The van der Waals surface area contributed by atoms with Crippen molar-refractivity contribution in [2.45, 2.75) is 18.6 Å². The van der Waals surface area contributed by atoms with E-state index in [1.807, 2.05) is 0 Å². The fourth-order valence-corrected chi connectivity index (χ4v) is 2.36. The number of ether oxygens (including phenoxy) is 3. The third-order valence-corrected chi connectivity index (χ3v) is 3.57. The minimum Gasteiger partial charge on any atom is -0.484 e. The molecule has 22 heavy (non-hydrogen) atoms. The van der Waals surface area contributed by atoms with Crippen LogP contribution in [0.15, 0.2) is 24.3 Å². The number of hydrogen-bond donors (Lipinski definition) is 0. The summed E-state index contributed by atoms with van der Waals surface area (Å²) in [7, 11) is 2.81. The number of esters is 1. The Morgan fingerprint density at radius 3 is 2.55 bits per heavy atom. The summed E-state index contributed by atoms with van der Waals surface area (Å²) >= 11 is 0. The van der Waals surface area contributed by atoms with Gasteiger partial charge in [-0.2, -0.15) is 0 Å². The lowest BCUT2D eigenvalue weighted by Crippen LogP contribution is -2.43. The number of benzene rings is 1. The van der Waals surface area contributed by atoms with Gasteiger partial charge in [-0.1, -0.05) is 0 Å². The molecule has 0 saturated carbocycles. The molecule has 0 radical (unpaired) electrons. The van der Waals surface area contributed by atoms with Crippen LogP contribution in [0.5, 0.6) is 5.75 Å². The molecule has 1 aliphatic rings. The molecule has 1 aromatic rings. The molecule has 0 spiro atoms. The van der Waals surface area contributed by atoms with Crippen LogP contribution in [-0.4, -0.2) is 56.3 Å². The molecule has 1 heterocycles. The number of nitrogens with zero attached hydrogens (tertiary/aromatic N) is 1. The first-order valence-corrected chi connectivity index (χ1v) is 6.83. The van der Waals surface area contributed by atoms with Crippen LogP contribution in [0.2, 0.25) is 0 Å². The zero-order valence-electron chi connectivity index (χ0n) is 12.5. The molecule has 2 atom stereocenters. The minimum absolute atomic E-state index is 0.209. The van der Waals surface area contributed by atoms with Crippen LogP contribution in [-0.2, 0) is 19.1 Å². The Balaban J connectivity index is 1.97. The van der Waals surface area contributed by atoms with Crippen molar-refractivity contribution in [1.29, 1.82) is 0 Å². The molecule has 2 rings (SSSR count). The van der Waals surface area contributed by atoms with Crippen molar-refractivity contribution in [1.82, 2.24) is 4.90 Å². The lowest BCUT2D eigenvalue weighted by molar-refractivity contribution is -0.151. The van der Waals surface area contributed by atoms with Crippen molar-refractivity contribution in [3.05, 3.63) is 30.1 Å². The summed E-state index contributed by atoms with van der Waals surface area (Å²) in [6.45, 7) is 0.0669. The molecular weight excluding hydrogens is 293 g/mol. The van der Waals surface area contributed by atoms with Gasteiger partial charge in [0.05, 0.1) is 13.2 Å². The number of likely N-dealkylation sites (tertiary alicyclic amines) is 1. The van der Waals surface area contributed by atoms with E-state index in [0.717, 1.165) is 0 Å². The van der Waals surface area contributed by atoms with E-state index in [2.05, 4.69) is 0 Å². The van der Waals surface area contributed by atoms with Gasteiger partial charge in [0.15, 0.2) is 6.61 Å². The summed E-state index contributed by atoms with van der Waals surface area (Å²) in [4.78, 5) is 25.4. The number of halogens is 1. The Morgan fingerprint density at radius 2 is 1.95 bits per heavy atom. The molecule has 0 bridgehead atoms. The van der Waals surface area contributed by atoms with Crippen molar-refractivity contribution >= 4 is 11.9 Å². The first-order valence-electron chi connectivity index (χ1n) is 6.83. The van der Waals surface area contributed by atoms with Crippen molar-refractivity contribution in [2.75, 3.05) is 27.4 Å². The number of hydrogen-bond acceptors (Lipinski definition) is 5. The number of carbonyl (C=O) groups excluding carboxylic acids is 2. The van der Waals surface area contributed by atoms with Gasteiger partial charge in [0.25, 0.3) is 5.91 Å². The SMILES string of the molecule is COC(=O)[C@@H]1C[C@H](OC)CN1C(=O)COc1ccc(F)cc1. The van der Waals surface area contributed by atoms with Gasteiger partial charge >= 0.3 is 5.97 Å². The van der Waals surface area contributed by atoms with Crippen molar-refractivity contribution < 1.29 is 28.2 Å². The van der Waals surface area contributed by atoms with Crippen molar-refractivity contribution in [2.24, 2.45) is 0 Å². The molecule has 0 unspecified atom stereocenters. The van der Waals surface area contributed by atoms with Gasteiger partial charge in [-0.05, 0) is 24.3 Å². The molecule has 120 valence electrons. The predicted octanol–water partition coefficient (Wildman–Crippen LogP) is 0.993. The van der Waals surface area contributed by atoms with E-state index < -0.39 is 12.0 Å². The summed E-state index contributed by atoms with van der Waals surface area (Å²) in [6.07, 6.45) is 0.185. The predicted molar refractivity (Wildman–Crippen MR) is 74.8 cm³/mol. The van der Waals surface area contributed by atoms with Crippen LogP contribution in [0.25, 0.3) is 0 Å². The highest BCUT2D eigenvalue weighted by Crippen LogP contribution is 2.21. The number of rotatable bonds is 5. The Morgan fingerprint density at radius 1 is 1.27 bits per heavy atom. The minimum atomic E-state index is -0.667. The fraction of sp³-hybridized carbons (Fsp3) is 0.467. The summed E-state index contributed by atoms with van der Waals surface area (Å²) in [5, 5.41) is 0. The quantitative estimate of drug-likeness (QED) is 0.759. The maximum Gasteiger partial charge on any atom is 0.328 e. The molecule has 6 nitrogen and oxygen atoms in total. The van der Waals surface area contributed by atoms with Gasteiger partial charge < -0.3 is 19.1 Å². The summed E-state index contributed by atoms with van der Waals surface area (Å²) < 4.78 is 28.0. The highest BCUT2D eigenvalue weighted by molar-refractivity contribution is 5.86. The molecule has 1 saturated heterocycles. The van der Waals surface area contributed by atoms with E-state index in [9.17, 15) is 14.0 Å². The first-order chi connectivity index (χ1) is 10.5. The average Bonchev–Trinajstić information content (AvgIpc) is 2.97. The molecule has 0 aromatic heterocycles. The standard InChI is InChI=1S/C15H18FNO5/c1-20-12-7-13(15(19)21-2)17(8-12)14(18)9-22-11-5-3-10(16)4-6-11/h3-6,12-13H,7-9H2,1-2H3/t12-,13-/m0/s1. The van der Waals surface area contributed by atoms with E-state index in [1.165, 1.54) is 43.4 Å². The Hall–Kier alpha value is -2.15. The molecule has 7 heteroatoms. The van der Waals surface area contributed by atoms with E-state index in [-0.39, 0.29) is 24.4 Å². The van der Waals surface area contributed by atoms with Crippen LogP contribution < -0.4 is 4.74 Å². The third-order valence-electron chi connectivity index (χ3n) is 3.57. The van der Waals surface area contributed by atoms with Gasteiger partial charge in [0.2, 0.25) is 0 Å². The van der Waals surface area contributed by atoms with Gasteiger partial charge in [-0.3, -0.25) is 4.79 Å². The topological polar surface area (TPSA) is 65.1 Å². The Bertz CT molecular complexity index is 533. The average molecular weight is 311 g/mol. The van der Waals surface area contributed by atoms with Crippen LogP contribution in [0.4, 0.5) is 4.39 Å². The zero-order valence-corrected chi connectivity index (χ0v) is 12.5. The van der Waals surface area contributed by atoms with E-state index in [1.54, 1.807) is 0 Å². The summed E-state index contributed by atoms with van der Waals surface area (Å²) in [6, 6.07) is 4.69. The van der Waals surface area contributed by atoms with Gasteiger partial charge in [-0.15, -0.1) is 0 Å². The smallest absolute Gasteiger partial charge is 0.328 e. The largest absolute Gasteiger partial charge is 0.484 e. The number of methoxy groups -OCH3 is 2. The Labute approximate surface area is 127 Å². The van der Waals surface area contributed by atoms with Crippen LogP contribution in [0.3, 0.4) is 0 Å². The maximum absolute atomic E-state index is 12.8. The maximum atomic E-state index is 12.8. The normalized spacial score (nSPS) is 20.8. The van der Waals surface area contributed by atoms with Gasteiger partial charge in [-0.25, -0.2) is 9.18 Å². The monoisotopic (exact) mass is 311 g/mol. The lowest BCUT2D eigenvalue weighted by atomic mass is 10.2. The molecule has 0 aliphatic carbocycles. The van der Waals surface area contributed by atoms with E-state index in [0.29, 0.717) is 18.7 Å². The zero-order chi connectivity index (χ0) is 16.1. The Kier molecular flexibility index (Phi) is 5.32. The fourth-order valence-electron chi connectivity index (χ4n) is 2.36. The molecule has 1 amide bonds. The second kappa shape index (κ2) is 7.22. The van der Waals surface area contributed by atoms with E-state index >= 15 is 0 Å². The first kappa shape index (κ1) is 16.2. The molecule has 1 fully saturated rings. The summed E-state index contributed by atoms with van der Waals surface area (Å²) in [5.74, 6) is -0.826. The number of carbonyl (C=O) groups is 2. The molecule has 0 N–H and O–H groups in total. The van der Waals surface area contributed by atoms with Crippen LogP contribution in [0, 0.1) is 5.82 Å². The third kappa shape index (κ3) is 3.73. The van der Waals surface area contributed by atoms with E-state index in [4.69, 9.17) is 14.2 Å². The van der Waals surface area contributed by atoms with Crippen LogP contribution in [0.1, 0.15) is 6.42 Å². The van der Waals surface area contributed by atoms with Gasteiger partial charge in [0, 0.05) is 20.1 Å². The van der Waals surface area contributed by atoms with Crippen LogP contribution >= 0.6 is 0 Å². The highest BCUT2D eigenvalue weighted by Gasteiger charge is 2.40. The molecule has 1 aromatic carbocycles. The molecule has 1 aliphatic heterocycles. The van der Waals surface area contributed by atoms with Crippen molar-refractivity contribution in [3.8, 4) is 5.75 Å².